The van der Waals surface area contributed by atoms with Gasteiger partial charge in [0.1, 0.15) is 12.4 Å². The van der Waals surface area contributed by atoms with Crippen molar-refractivity contribution >= 4 is 17.2 Å². The van der Waals surface area contributed by atoms with Gasteiger partial charge in [0, 0.05) is 49.6 Å². The van der Waals surface area contributed by atoms with Crippen LogP contribution in [0.1, 0.15) is 40.9 Å². The summed E-state index contributed by atoms with van der Waals surface area (Å²) >= 11 is 1.81. The van der Waals surface area contributed by atoms with E-state index in [4.69, 9.17) is 9.47 Å². The van der Waals surface area contributed by atoms with E-state index in [1.54, 1.807) is 7.11 Å². The van der Waals surface area contributed by atoms with E-state index in [0.717, 1.165) is 64.2 Å². The van der Waals surface area contributed by atoms with Crippen molar-refractivity contribution in [1.29, 1.82) is 0 Å². The quantitative estimate of drug-likeness (QED) is 0.731. The molecule has 4 rings (SSSR count). The lowest BCUT2D eigenvalue weighted by atomic mass is 9.89. The maximum atomic E-state index is 13.1. The van der Waals surface area contributed by atoms with E-state index in [1.165, 1.54) is 4.88 Å². The van der Waals surface area contributed by atoms with E-state index >= 15 is 0 Å². The Morgan fingerprint density at radius 1 is 1.13 bits per heavy atom. The molecule has 4 bridgehead atoms. The van der Waals surface area contributed by atoms with Crippen molar-refractivity contribution < 1.29 is 14.3 Å². The molecule has 1 amide bonds. The summed E-state index contributed by atoms with van der Waals surface area (Å²) in [7, 11) is 1.81. The topological polar surface area (TPSA) is 42.0 Å². The number of fused-ring (bicyclic) bond motifs is 4. The lowest BCUT2D eigenvalue weighted by molar-refractivity contribution is -0.00676. The number of piperidine rings is 1. The second kappa shape index (κ2) is 10.4. The largest absolute Gasteiger partial charge is 0.492 e. The molecular weight excluding hydrogens is 396 g/mol. The highest BCUT2D eigenvalue weighted by Gasteiger charge is 2.31. The molecule has 0 unspecified atom stereocenters. The molecule has 1 aromatic carbocycles. The average molecular weight is 429 g/mol. The molecule has 6 heteroatoms. The molecule has 1 fully saturated rings. The van der Waals surface area contributed by atoms with Gasteiger partial charge in [-0.1, -0.05) is 18.6 Å². The molecule has 3 heterocycles. The van der Waals surface area contributed by atoms with Crippen molar-refractivity contribution in [1.82, 2.24) is 9.80 Å². The predicted octanol–water partition coefficient (Wildman–Crippen LogP) is 4.29. The molecule has 0 radical (unpaired) electrons. The van der Waals surface area contributed by atoms with Crippen LogP contribution in [0.15, 0.2) is 41.8 Å². The number of amides is 1. The number of hydrogen-bond acceptors (Lipinski definition) is 5. The van der Waals surface area contributed by atoms with Crippen molar-refractivity contribution in [2.75, 3.05) is 39.9 Å². The molecule has 30 heavy (non-hydrogen) atoms. The number of benzene rings is 1. The number of carbonyl (C=O) groups is 1. The minimum Gasteiger partial charge on any atom is -0.492 e. The van der Waals surface area contributed by atoms with Gasteiger partial charge in [-0.05, 0) is 55.5 Å². The molecule has 1 aromatic heterocycles. The molecule has 0 N–H and O–H groups in total. The normalized spacial score (nSPS) is 24.0. The van der Waals surface area contributed by atoms with Crippen molar-refractivity contribution in [3.8, 4) is 5.75 Å². The van der Waals surface area contributed by atoms with Gasteiger partial charge in [0.25, 0.3) is 5.91 Å². The standard InChI is InChI=1S/C24H32N2O3S/c1-28-23-10-12-26-17-20(23)6-2-3-11-25(18-22-9-5-15-30-22)13-14-29-21-8-4-7-19(16-21)24(26)27/h4-5,7-9,15-16,20,23H,2-3,6,10-14,17-18H2,1H3/t20-,23+/m1/s1. The van der Waals surface area contributed by atoms with E-state index in [1.807, 2.05) is 40.5 Å². The second-order valence-electron chi connectivity index (χ2n) is 8.30. The van der Waals surface area contributed by atoms with Crippen LogP contribution in [0.5, 0.6) is 5.75 Å². The van der Waals surface area contributed by atoms with E-state index < -0.39 is 0 Å². The van der Waals surface area contributed by atoms with Gasteiger partial charge in [-0.3, -0.25) is 9.69 Å². The molecular formula is C24H32N2O3S. The molecule has 0 spiro atoms. The summed E-state index contributed by atoms with van der Waals surface area (Å²) in [5, 5.41) is 2.14. The third kappa shape index (κ3) is 5.42. The van der Waals surface area contributed by atoms with Gasteiger partial charge < -0.3 is 14.4 Å². The summed E-state index contributed by atoms with van der Waals surface area (Å²) in [6.45, 7) is 5.08. The number of ether oxygens (including phenoxy) is 2. The Labute approximate surface area is 183 Å². The SMILES string of the molecule is CO[C@H]1CCN2C[C@H]1CCCCN(Cc1cccs1)CCOc1cccc(c1)C2=O. The zero-order chi connectivity index (χ0) is 20.8. The fourth-order valence-corrected chi connectivity index (χ4v) is 5.36. The highest BCUT2D eigenvalue weighted by atomic mass is 32.1. The fourth-order valence-electron chi connectivity index (χ4n) is 4.61. The third-order valence-corrected chi connectivity index (χ3v) is 7.13. The zero-order valence-corrected chi connectivity index (χ0v) is 18.6. The minimum atomic E-state index is 0.106. The number of hydrogen-bond donors (Lipinski definition) is 0. The van der Waals surface area contributed by atoms with Gasteiger partial charge >= 0.3 is 0 Å². The molecule has 1 saturated heterocycles. The van der Waals surface area contributed by atoms with Crippen molar-refractivity contribution in [2.24, 2.45) is 5.92 Å². The number of methoxy groups -OCH3 is 1. The van der Waals surface area contributed by atoms with Gasteiger partial charge in [-0.2, -0.15) is 0 Å². The van der Waals surface area contributed by atoms with Gasteiger partial charge in [0.15, 0.2) is 0 Å². The summed E-state index contributed by atoms with van der Waals surface area (Å²) in [5.74, 6) is 1.28. The molecule has 2 atom stereocenters. The highest BCUT2D eigenvalue weighted by Crippen LogP contribution is 2.27. The maximum Gasteiger partial charge on any atom is 0.254 e. The first-order valence-electron chi connectivity index (χ1n) is 11.0. The summed E-state index contributed by atoms with van der Waals surface area (Å²) in [6.07, 6.45) is 4.57. The van der Waals surface area contributed by atoms with Gasteiger partial charge in [-0.25, -0.2) is 0 Å². The third-order valence-electron chi connectivity index (χ3n) is 6.27. The van der Waals surface area contributed by atoms with Crippen molar-refractivity contribution in [3.05, 3.63) is 52.2 Å². The van der Waals surface area contributed by atoms with Gasteiger partial charge in [0.2, 0.25) is 0 Å². The lowest BCUT2D eigenvalue weighted by Crippen LogP contribution is -2.46. The van der Waals surface area contributed by atoms with E-state index in [9.17, 15) is 4.79 Å². The van der Waals surface area contributed by atoms with E-state index in [2.05, 4.69) is 22.4 Å². The van der Waals surface area contributed by atoms with Crippen LogP contribution >= 0.6 is 11.3 Å². The Morgan fingerprint density at radius 2 is 2.07 bits per heavy atom. The number of rotatable bonds is 3. The lowest BCUT2D eigenvalue weighted by Gasteiger charge is -2.38. The van der Waals surface area contributed by atoms with Crippen LogP contribution in [-0.4, -0.2) is 61.7 Å². The van der Waals surface area contributed by atoms with Crippen molar-refractivity contribution in [3.63, 3.8) is 0 Å². The summed E-state index contributed by atoms with van der Waals surface area (Å²) in [5.41, 5.74) is 0.715. The molecule has 2 aliphatic rings. The number of nitrogens with zero attached hydrogens (tertiary/aromatic N) is 2. The van der Waals surface area contributed by atoms with Crippen LogP contribution < -0.4 is 4.74 Å². The van der Waals surface area contributed by atoms with Crippen LogP contribution in [-0.2, 0) is 11.3 Å². The zero-order valence-electron chi connectivity index (χ0n) is 17.8. The number of carbonyl (C=O) groups excluding carboxylic acids is 1. The Bertz CT molecular complexity index is 811. The molecule has 0 aliphatic carbocycles. The molecule has 0 saturated carbocycles. The second-order valence-corrected chi connectivity index (χ2v) is 9.33. The fraction of sp³-hybridized carbons (Fsp3) is 0.542. The summed E-state index contributed by atoms with van der Waals surface area (Å²) in [4.78, 5) is 19.0. The van der Waals surface area contributed by atoms with Crippen LogP contribution in [0.4, 0.5) is 0 Å². The van der Waals surface area contributed by atoms with E-state index in [0.29, 0.717) is 18.1 Å². The summed E-state index contributed by atoms with van der Waals surface area (Å²) in [6, 6.07) is 12.0. The highest BCUT2D eigenvalue weighted by molar-refractivity contribution is 7.09. The van der Waals surface area contributed by atoms with Crippen LogP contribution in [0.3, 0.4) is 0 Å². The van der Waals surface area contributed by atoms with Gasteiger partial charge in [-0.15, -0.1) is 11.3 Å². The van der Waals surface area contributed by atoms with Crippen LogP contribution in [0.2, 0.25) is 0 Å². The van der Waals surface area contributed by atoms with Gasteiger partial charge in [0.05, 0.1) is 6.10 Å². The molecule has 5 nitrogen and oxygen atoms in total. The Hall–Kier alpha value is -1.89. The number of thiophene rings is 1. The monoisotopic (exact) mass is 428 g/mol. The smallest absolute Gasteiger partial charge is 0.254 e. The molecule has 2 aromatic rings. The first kappa shape index (κ1) is 21.3. The maximum absolute atomic E-state index is 13.1. The summed E-state index contributed by atoms with van der Waals surface area (Å²) < 4.78 is 11.8. The first-order valence-corrected chi connectivity index (χ1v) is 11.9. The van der Waals surface area contributed by atoms with Crippen LogP contribution in [0.25, 0.3) is 0 Å². The Morgan fingerprint density at radius 3 is 2.90 bits per heavy atom. The molecule has 162 valence electrons. The van der Waals surface area contributed by atoms with Crippen molar-refractivity contribution in [2.45, 2.75) is 38.3 Å². The predicted molar refractivity (Wildman–Crippen MR) is 120 cm³/mol. The first-order chi connectivity index (χ1) is 14.7. The Kier molecular flexibility index (Phi) is 7.42. The molecule has 2 aliphatic heterocycles. The van der Waals surface area contributed by atoms with E-state index in [-0.39, 0.29) is 12.0 Å². The minimum absolute atomic E-state index is 0.106. The van der Waals surface area contributed by atoms with Crippen LogP contribution in [0, 0.1) is 5.92 Å². The Balaban J connectivity index is 1.50. The average Bonchev–Trinajstić information content (AvgIpc) is 3.28.